The maximum Gasteiger partial charge on any atom is 0.209 e. The summed E-state index contributed by atoms with van der Waals surface area (Å²) in [7, 11) is -3.20. The molecular formula is C10H21N5O2S. The fraction of sp³-hybridized carbons (Fsp3) is 0.900. The predicted octanol–water partition coefficient (Wildman–Crippen LogP) is 0.486. The molecule has 0 fully saturated rings. The molecule has 0 radical (unpaired) electrons. The Bertz CT molecular complexity index is 455. The van der Waals surface area contributed by atoms with E-state index in [1.165, 1.54) is 6.26 Å². The van der Waals surface area contributed by atoms with Gasteiger partial charge in [0.05, 0.1) is 6.26 Å². The Kier molecular flexibility index (Phi) is 4.80. The van der Waals surface area contributed by atoms with Gasteiger partial charge in [-0.05, 0) is 26.2 Å². The topological polar surface area (TPSA) is 101 Å². The van der Waals surface area contributed by atoms with Gasteiger partial charge in [0.2, 0.25) is 10.0 Å². The average Bonchev–Trinajstić information content (AvgIpc) is 2.64. The quantitative estimate of drug-likeness (QED) is 0.754. The molecule has 0 saturated carbocycles. The van der Waals surface area contributed by atoms with Crippen LogP contribution in [0.15, 0.2) is 0 Å². The average molecular weight is 275 g/mol. The van der Waals surface area contributed by atoms with Gasteiger partial charge in [-0.3, -0.25) is 0 Å². The van der Waals surface area contributed by atoms with E-state index in [1.807, 2.05) is 13.8 Å². The minimum Gasteiger partial charge on any atom is -0.213 e. The van der Waals surface area contributed by atoms with Crippen molar-refractivity contribution >= 4 is 10.0 Å². The molecule has 1 unspecified atom stereocenters. The zero-order chi connectivity index (χ0) is 13.8. The molecule has 1 rings (SSSR count). The lowest BCUT2D eigenvalue weighted by molar-refractivity contribution is 0.323. The Labute approximate surface area is 108 Å². The van der Waals surface area contributed by atoms with Crippen molar-refractivity contribution in [3.63, 3.8) is 0 Å². The highest BCUT2D eigenvalue weighted by atomic mass is 32.2. The monoisotopic (exact) mass is 275 g/mol. The maximum absolute atomic E-state index is 11.3. The van der Waals surface area contributed by atoms with Crippen LogP contribution in [0.2, 0.25) is 0 Å². The van der Waals surface area contributed by atoms with Crippen molar-refractivity contribution in [2.24, 2.45) is 5.92 Å². The summed E-state index contributed by atoms with van der Waals surface area (Å²) in [5, 5.41) is 13.8. The lowest BCUT2D eigenvalue weighted by Crippen LogP contribution is -2.44. The number of aromatic amines is 1. The first-order valence-electron chi connectivity index (χ1n) is 5.93. The molecule has 1 atom stereocenters. The van der Waals surface area contributed by atoms with E-state index in [2.05, 4.69) is 32.3 Å². The second-order valence-electron chi connectivity index (χ2n) is 5.27. The molecule has 8 heteroatoms. The molecule has 7 nitrogen and oxygen atoms in total. The number of aromatic nitrogens is 4. The van der Waals surface area contributed by atoms with E-state index in [-0.39, 0.29) is 0 Å². The minimum atomic E-state index is -3.20. The summed E-state index contributed by atoms with van der Waals surface area (Å²) in [6, 6.07) is 0. The van der Waals surface area contributed by atoms with Crippen molar-refractivity contribution in [1.82, 2.24) is 25.3 Å². The summed E-state index contributed by atoms with van der Waals surface area (Å²) >= 11 is 0. The van der Waals surface area contributed by atoms with Gasteiger partial charge >= 0.3 is 0 Å². The highest BCUT2D eigenvalue weighted by molar-refractivity contribution is 7.88. The van der Waals surface area contributed by atoms with Crippen LogP contribution in [0.5, 0.6) is 0 Å². The SMILES string of the molecule is CCC(Cc1nn[nH]n1)CC(C)(C)NS(C)(=O)=O. The molecule has 18 heavy (non-hydrogen) atoms. The zero-order valence-electron chi connectivity index (χ0n) is 11.3. The van der Waals surface area contributed by atoms with Crippen molar-refractivity contribution in [2.75, 3.05) is 6.26 Å². The lowest BCUT2D eigenvalue weighted by atomic mass is 9.87. The van der Waals surface area contributed by atoms with Crippen molar-refractivity contribution in [3.8, 4) is 0 Å². The molecule has 0 bridgehead atoms. The van der Waals surface area contributed by atoms with Gasteiger partial charge in [-0.1, -0.05) is 18.6 Å². The molecule has 0 spiro atoms. The van der Waals surface area contributed by atoms with Crippen molar-refractivity contribution < 1.29 is 8.42 Å². The van der Waals surface area contributed by atoms with Gasteiger partial charge in [0.25, 0.3) is 0 Å². The Balaban J connectivity index is 2.62. The molecule has 1 heterocycles. The van der Waals surface area contributed by atoms with Crippen LogP contribution in [0.4, 0.5) is 0 Å². The van der Waals surface area contributed by atoms with Crippen molar-refractivity contribution in [3.05, 3.63) is 5.82 Å². The summed E-state index contributed by atoms with van der Waals surface area (Å²) < 4.78 is 25.2. The highest BCUT2D eigenvalue weighted by Crippen LogP contribution is 2.22. The van der Waals surface area contributed by atoms with E-state index < -0.39 is 15.6 Å². The second kappa shape index (κ2) is 5.75. The van der Waals surface area contributed by atoms with E-state index in [4.69, 9.17) is 0 Å². The summed E-state index contributed by atoms with van der Waals surface area (Å²) in [5.74, 6) is 0.976. The number of tetrazole rings is 1. The van der Waals surface area contributed by atoms with Gasteiger partial charge in [-0.2, -0.15) is 5.21 Å². The van der Waals surface area contributed by atoms with E-state index in [9.17, 15) is 8.42 Å². The van der Waals surface area contributed by atoms with Crippen LogP contribution in [0.25, 0.3) is 0 Å². The van der Waals surface area contributed by atoms with Crippen LogP contribution in [0.3, 0.4) is 0 Å². The van der Waals surface area contributed by atoms with Gasteiger partial charge in [-0.15, -0.1) is 10.2 Å². The molecule has 0 aliphatic heterocycles. The smallest absolute Gasteiger partial charge is 0.209 e. The number of hydrogen-bond acceptors (Lipinski definition) is 5. The Morgan fingerprint density at radius 2 is 2.11 bits per heavy atom. The van der Waals surface area contributed by atoms with Crippen LogP contribution in [0, 0.1) is 5.92 Å². The zero-order valence-corrected chi connectivity index (χ0v) is 12.1. The van der Waals surface area contributed by atoms with Gasteiger partial charge in [-0.25, -0.2) is 13.1 Å². The molecular weight excluding hydrogens is 254 g/mol. The van der Waals surface area contributed by atoms with Crippen LogP contribution in [-0.2, 0) is 16.4 Å². The summed E-state index contributed by atoms with van der Waals surface area (Å²) in [4.78, 5) is 0. The van der Waals surface area contributed by atoms with Gasteiger partial charge in [0.1, 0.15) is 0 Å². The molecule has 0 aliphatic carbocycles. The summed E-state index contributed by atoms with van der Waals surface area (Å²) in [6.45, 7) is 5.83. The van der Waals surface area contributed by atoms with E-state index in [1.54, 1.807) is 0 Å². The molecule has 0 saturated heterocycles. The van der Waals surface area contributed by atoms with Crippen LogP contribution in [-0.4, -0.2) is 40.8 Å². The van der Waals surface area contributed by atoms with E-state index in [0.29, 0.717) is 18.2 Å². The number of nitrogens with one attached hydrogen (secondary N) is 2. The molecule has 0 aromatic carbocycles. The molecule has 1 aromatic rings. The molecule has 1 aromatic heterocycles. The van der Waals surface area contributed by atoms with E-state index in [0.717, 1.165) is 12.8 Å². The van der Waals surface area contributed by atoms with Crippen molar-refractivity contribution in [2.45, 2.75) is 45.6 Å². The van der Waals surface area contributed by atoms with Crippen molar-refractivity contribution in [1.29, 1.82) is 0 Å². The fourth-order valence-corrected chi connectivity index (χ4v) is 3.24. The minimum absolute atomic E-state index is 0.312. The Morgan fingerprint density at radius 1 is 1.44 bits per heavy atom. The molecule has 0 amide bonds. The summed E-state index contributed by atoms with van der Waals surface area (Å²) in [6.07, 6.45) is 3.53. The predicted molar refractivity (Wildman–Crippen MR) is 68.3 cm³/mol. The first-order chi connectivity index (χ1) is 8.22. The third-order valence-electron chi connectivity index (χ3n) is 2.70. The highest BCUT2D eigenvalue weighted by Gasteiger charge is 2.26. The van der Waals surface area contributed by atoms with Gasteiger partial charge < -0.3 is 0 Å². The summed E-state index contributed by atoms with van der Waals surface area (Å²) in [5.41, 5.74) is -0.474. The fourth-order valence-electron chi connectivity index (χ4n) is 2.15. The normalized spacial score (nSPS) is 14.7. The third-order valence-corrected chi connectivity index (χ3v) is 3.62. The van der Waals surface area contributed by atoms with Crippen LogP contribution >= 0.6 is 0 Å². The molecule has 2 N–H and O–H groups in total. The van der Waals surface area contributed by atoms with Crippen LogP contribution < -0.4 is 4.72 Å². The lowest BCUT2D eigenvalue weighted by Gasteiger charge is -2.29. The maximum atomic E-state index is 11.3. The number of rotatable bonds is 7. The van der Waals surface area contributed by atoms with E-state index >= 15 is 0 Å². The number of sulfonamides is 1. The van der Waals surface area contributed by atoms with Crippen LogP contribution in [0.1, 0.15) is 39.4 Å². The first-order valence-corrected chi connectivity index (χ1v) is 7.82. The second-order valence-corrected chi connectivity index (χ2v) is 7.02. The standard InChI is InChI=1S/C10H21N5O2S/c1-5-8(6-9-11-14-15-12-9)7-10(2,3)13-18(4,16)17/h8,13H,5-7H2,1-4H3,(H,11,12,14,15). The third kappa shape index (κ3) is 5.54. The largest absolute Gasteiger partial charge is 0.213 e. The molecule has 104 valence electrons. The first kappa shape index (κ1) is 15.0. The molecule has 0 aliphatic rings. The number of nitrogens with zero attached hydrogens (tertiary/aromatic N) is 3. The van der Waals surface area contributed by atoms with Gasteiger partial charge in [0.15, 0.2) is 5.82 Å². The number of H-pyrrole nitrogens is 1. The number of hydrogen-bond donors (Lipinski definition) is 2. The Morgan fingerprint density at radius 3 is 2.56 bits per heavy atom. The Hall–Kier alpha value is -1.02. The van der Waals surface area contributed by atoms with Gasteiger partial charge in [0, 0.05) is 12.0 Å².